The van der Waals surface area contributed by atoms with E-state index in [2.05, 4.69) is 17.2 Å². The maximum absolute atomic E-state index is 13.7. The number of aromatic nitrogens is 1. The number of hydrogen-bond donors (Lipinski definition) is 1. The zero-order valence-electron chi connectivity index (χ0n) is 13.8. The van der Waals surface area contributed by atoms with Crippen LogP contribution < -0.4 is 5.32 Å². The first-order chi connectivity index (χ1) is 10.7. The van der Waals surface area contributed by atoms with E-state index in [4.69, 9.17) is 0 Å². The highest BCUT2D eigenvalue weighted by Crippen LogP contribution is 2.36. The van der Waals surface area contributed by atoms with Gasteiger partial charge in [0.25, 0.3) is 0 Å². The molecule has 2 fully saturated rings. The summed E-state index contributed by atoms with van der Waals surface area (Å²) in [5, 5.41) is 3.58. The Kier molecular flexibility index (Phi) is 5.32. The first-order valence-corrected chi connectivity index (χ1v) is 9.16. The number of nitrogens with zero attached hydrogens (tertiary/aromatic N) is 1. The van der Waals surface area contributed by atoms with Gasteiger partial charge in [-0.3, -0.25) is 4.98 Å². The fourth-order valence-electron chi connectivity index (χ4n) is 3.92. The van der Waals surface area contributed by atoms with Crippen molar-refractivity contribution in [3.05, 3.63) is 23.8 Å². The standard InChI is InChI=1S/C19H29FN2/c1-14(15-10-7-11-15)22-18-12-17(20)13-21-19(18)16-8-5-3-2-4-6-9-16/h12-16,22H,2-11H2,1H3. The van der Waals surface area contributed by atoms with Gasteiger partial charge in [-0.15, -0.1) is 0 Å². The summed E-state index contributed by atoms with van der Waals surface area (Å²) in [6.45, 7) is 2.23. The first-order valence-electron chi connectivity index (χ1n) is 9.16. The van der Waals surface area contributed by atoms with Gasteiger partial charge >= 0.3 is 0 Å². The Balaban J connectivity index is 1.76. The smallest absolute Gasteiger partial charge is 0.143 e. The summed E-state index contributed by atoms with van der Waals surface area (Å²) in [6, 6.07) is 2.08. The first kappa shape index (κ1) is 15.8. The molecule has 3 rings (SSSR count). The minimum absolute atomic E-state index is 0.224. The second-order valence-electron chi connectivity index (χ2n) is 7.25. The van der Waals surface area contributed by atoms with E-state index in [1.807, 2.05) is 0 Å². The van der Waals surface area contributed by atoms with Gasteiger partial charge in [-0.2, -0.15) is 0 Å². The summed E-state index contributed by atoms with van der Waals surface area (Å²) in [5.74, 6) is 1.02. The van der Waals surface area contributed by atoms with Crippen LogP contribution in [-0.4, -0.2) is 11.0 Å². The van der Waals surface area contributed by atoms with Crippen LogP contribution in [0.2, 0.25) is 0 Å². The van der Waals surface area contributed by atoms with E-state index >= 15 is 0 Å². The van der Waals surface area contributed by atoms with E-state index in [9.17, 15) is 4.39 Å². The highest BCUT2D eigenvalue weighted by molar-refractivity contribution is 5.50. The highest BCUT2D eigenvalue weighted by atomic mass is 19.1. The van der Waals surface area contributed by atoms with Crippen LogP contribution in [0.25, 0.3) is 0 Å². The van der Waals surface area contributed by atoms with Crippen molar-refractivity contribution in [1.29, 1.82) is 0 Å². The topological polar surface area (TPSA) is 24.9 Å². The van der Waals surface area contributed by atoms with Crippen LogP contribution >= 0.6 is 0 Å². The van der Waals surface area contributed by atoms with Crippen molar-refractivity contribution in [2.45, 2.75) is 83.1 Å². The van der Waals surface area contributed by atoms with Gasteiger partial charge in [0.1, 0.15) is 5.82 Å². The second kappa shape index (κ2) is 7.43. The Bertz CT molecular complexity index is 476. The molecular weight excluding hydrogens is 275 g/mol. The van der Waals surface area contributed by atoms with Crippen LogP contribution in [0, 0.1) is 11.7 Å². The lowest BCUT2D eigenvalue weighted by atomic mass is 9.80. The monoisotopic (exact) mass is 304 g/mol. The van der Waals surface area contributed by atoms with Crippen molar-refractivity contribution in [1.82, 2.24) is 4.98 Å². The molecule has 22 heavy (non-hydrogen) atoms. The molecule has 1 aromatic heterocycles. The summed E-state index contributed by atoms with van der Waals surface area (Å²) in [7, 11) is 0. The van der Waals surface area contributed by atoms with Crippen molar-refractivity contribution in [3.63, 3.8) is 0 Å². The second-order valence-corrected chi connectivity index (χ2v) is 7.25. The minimum atomic E-state index is -0.224. The molecule has 1 aromatic rings. The third kappa shape index (κ3) is 3.80. The predicted octanol–water partition coefficient (Wildman–Crippen LogP) is 5.65. The van der Waals surface area contributed by atoms with Gasteiger partial charge in [0.2, 0.25) is 0 Å². The van der Waals surface area contributed by atoms with Crippen LogP contribution in [-0.2, 0) is 0 Å². The predicted molar refractivity (Wildman–Crippen MR) is 89.7 cm³/mol. The molecule has 2 saturated carbocycles. The van der Waals surface area contributed by atoms with Gasteiger partial charge in [0, 0.05) is 18.0 Å². The molecule has 2 nitrogen and oxygen atoms in total. The molecule has 1 unspecified atom stereocenters. The van der Waals surface area contributed by atoms with Crippen molar-refractivity contribution < 1.29 is 4.39 Å². The largest absolute Gasteiger partial charge is 0.381 e. The van der Waals surface area contributed by atoms with Crippen molar-refractivity contribution >= 4 is 5.69 Å². The molecule has 1 atom stereocenters. The van der Waals surface area contributed by atoms with Gasteiger partial charge in [-0.1, -0.05) is 38.5 Å². The fourth-order valence-corrected chi connectivity index (χ4v) is 3.92. The fraction of sp³-hybridized carbons (Fsp3) is 0.737. The number of pyridine rings is 1. The van der Waals surface area contributed by atoms with E-state index in [1.54, 1.807) is 6.07 Å². The maximum atomic E-state index is 13.7. The molecule has 3 heteroatoms. The molecule has 0 aromatic carbocycles. The Morgan fingerprint density at radius 3 is 2.36 bits per heavy atom. The molecule has 0 aliphatic heterocycles. The van der Waals surface area contributed by atoms with E-state index < -0.39 is 0 Å². The lowest BCUT2D eigenvalue weighted by Gasteiger charge is -2.33. The van der Waals surface area contributed by atoms with E-state index in [0.717, 1.165) is 17.3 Å². The SMILES string of the molecule is CC(Nc1cc(F)cnc1C1CCCCCCC1)C1CCC1. The molecule has 0 saturated heterocycles. The highest BCUT2D eigenvalue weighted by Gasteiger charge is 2.26. The average Bonchev–Trinajstić information content (AvgIpc) is 2.37. The van der Waals surface area contributed by atoms with Crippen LogP contribution in [0.5, 0.6) is 0 Å². The molecular formula is C19H29FN2. The summed E-state index contributed by atoms with van der Waals surface area (Å²) in [5.41, 5.74) is 2.06. The van der Waals surface area contributed by atoms with Crippen molar-refractivity contribution in [3.8, 4) is 0 Å². The van der Waals surface area contributed by atoms with Crippen LogP contribution in [0.15, 0.2) is 12.3 Å². The molecule has 0 amide bonds. The zero-order chi connectivity index (χ0) is 15.4. The van der Waals surface area contributed by atoms with E-state index in [-0.39, 0.29) is 5.82 Å². The summed E-state index contributed by atoms with van der Waals surface area (Å²) < 4.78 is 13.7. The van der Waals surface area contributed by atoms with Gasteiger partial charge in [-0.25, -0.2) is 4.39 Å². The van der Waals surface area contributed by atoms with Crippen LogP contribution in [0.4, 0.5) is 10.1 Å². The molecule has 1 N–H and O–H groups in total. The zero-order valence-corrected chi connectivity index (χ0v) is 13.8. The number of nitrogens with one attached hydrogen (secondary N) is 1. The van der Waals surface area contributed by atoms with E-state index in [0.29, 0.717) is 12.0 Å². The summed E-state index contributed by atoms with van der Waals surface area (Å²) >= 11 is 0. The van der Waals surface area contributed by atoms with Gasteiger partial charge in [0.15, 0.2) is 0 Å². The number of anilines is 1. The minimum Gasteiger partial charge on any atom is -0.381 e. The lowest BCUT2D eigenvalue weighted by molar-refractivity contribution is 0.285. The molecule has 1 heterocycles. The Morgan fingerprint density at radius 1 is 1.05 bits per heavy atom. The van der Waals surface area contributed by atoms with Gasteiger partial charge < -0.3 is 5.32 Å². The number of rotatable bonds is 4. The molecule has 2 aliphatic carbocycles. The summed E-state index contributed by atoms with van der Waals surface area (Å²) in [6.07, 6.45) is 14.3. The van der Waals surface area contributed by atoms with Crippen LogP contribution in [0.1, 0.15) is 82.7 Å². The van der Waals surface area contributed by atoms with Crippen molar-refractivity contribution in [2.24, 2.45) is 5.92 Å². The molecule has 0 spiro atoms. The third-order valence-corrected chi connectivity index (χ3v) is 5.62. The Labute approximate surface area is 133 Å². The normalized spacial score (nSPS) is 22.5. The number of hydrogen-bond acceptors (Lipinski definition) is 2. The third-order valence-electron chi connectivity index (χ3n) is 5.62. The van der Waals surface area contributed by atoms with E-state index in [1.165, 1.54) is 70.4 Å². The van der Waals surface area contributed by atoms with Gasteiger partial charge in [0.05, 0.1) is 17.6 Å². The van der Waals surface area contributed by atoms with Crippen molar-refractivity contribution in [2.75, 3.05) is 5.32 Å². The molecule has 0 radical (unpaired) electrons. The Morgan fingerprint density at radius 2 is 1.73 bits per heavy atom. The Hall–Kier alpha value is -1.12. The average molecular weight is 304 g/mol. The summed E-state index contributed by atoms with van der Waals surface area (Å²) in [4.78, 5) is 4.49. The maximum Gasteiger partial charge on any atom is 0.143 e. The van der Waals surface area contributed by atoms with Crippen LogP contribution in [0.3, 0.4) is 0 Å². The molecule has 122 valence electrons. The quantitative estimate of drug-likeness (QED) is 0.777. The molecule has 2 aliphatic rings. The number of halogens is 1. The lowest BCUT2D eigenvalue weighted by Crippen LogP contribution is -2.31. The van der Waals surface area contributed by atoms with Gasteiger partial charge in [-0.05, 0) is 38.5 Å². The molecule has 0 bridgehead atoms.